The van der Waals surface area contributed by atoms with E-state index in [4.69, 9.17) is 0 Å². The van der Waals surface area contributed by atoms with Crippen molar-refractivity contribution in [3.63, 3.8) is 0 Å². The highest BCUT2D eigenvalue weighted by Crippen LogP contribution is 2.10. The third-order valence-corrected chi connectivity index (χ3v) is 3.80. The van der Waals surface area contributed by atoms with Crippen LogP contribution in [0.15, 0.2) is 34.2 Å². The van der Waals surface area contributed by atoms with Gasteiger partial charge in [0, 0.05) is 20.3 Å². The Bertz CT molecular complexity index is 1060. The van der Waals surface area contributed by atoms with Gasteiger partial charge in [0.15, 0.2) is 11.2 Å². The Balaban J connectivity index is 1.97. The molecule has 0 radical (unpaired) electrons. The summed E-state index contributed by atoms with van der Waals surface area (Å²) >= 11 is 0. The highest BCUT2D eigenvalue weighted by atomic mass is 16.2. The predicted molar refractivity (Wildman–Crippen MR) is 87.8 cm³/mol. The first kappa shape index (κ1) is 15.7. The topological polar surface area (TPSA) is 104 Å². The van der Waals surface area contributed by atoms with Crippen molar-refractivity contribution in [2.24, 2.45) is 14.1 Å². The van der Waals surface area contributed by atoms with Crippen LogP contribution >= 0.6 is 0 Å². The van der Waals surface area contributed by atoms with E-state index in [-0.39, 0.29) is 23.6 Å². The van der Waals surface area contributed by atoms with Gasteiger partial charge in [0.05, 0.1) is 6.33 Å². The number of anilines is 1. The molecular weight excluding hydrogens is 312 g/mol. The first-order valence-electron chi connectivity index (χ1n) is 7.22. The van der Waals surface area contributed by atoms with Crippen molar-refractivity contribution in [1.29, 1.82) is 0 Å². The molecule has 0 spiro atoms. The van der Waals surface area contributed by atoms with E-state index in [9.17, 15) is 14.4 Å². The Hall–Kier alpha value is -3.23. The Labute approximate surface area is 136 Å². The van der Waals surface area contributed by atoms with Crippen molar-refractivity contribution in [2.75, 3.05) is 5.32 Å². The number of hydrogen-bond donors (Lipinski definition) is 1. The van der Waals surface area contributed by atoms with Crippen molar-refractivity contribution in [2.45, 2.75) is 13.5 Å². The number of fused-ring (bicyclic) bond motifs is 1. The van der Waals surface area contributed by atoms with Crippen LogP contribution in [0.5, 0.6) is 0 Å². The number of aromatic nitrogens is 5. The summed E-state index contributed by atoms with van der Waals surface area (Å²) in [6.45, 7) is 1.72. The molecule has 0 saturated carbocycles. The van der Waals surface area contributed by atoms with Gasteiger partial charge in [-0.25, -0.2) is 14.8 Å². The minimum Gasteiger partial charge on any atom is -0.315 e. The van der Waals surface area contributed by atoms with E-state index >= 15 is 0 Å². The van der Waals surface area contributed by atoms with Gasteiger partial charge in [-0.2, -0.15) is 0 Å². The largest absolute Gasteiger partial charge is 0.332 e. The van der Waals surface area contributed by atoms with Crippen molar-refractivity contribution < 1.29 is 4.79 Å². The van der Waals surface area contributed by atoms with E-state index in [1.54, 1.807) is 12.3 Å². The lowest BCUT2D eigenvalue weighted by Gasteiger charge is -2.08. The van der Waals surface area contributed by atoms with Crippen LogP contribution in [-0.4, -0.2) is 29.6 Å². The van der Waals surface area contributed by atoms with Gasteiger partial charge in [-0.1, -0.05) is 6.07 Å². The summed E-state index contributed by atoms with van der Waals surface area (Å²) in [6, 6.07) is 3.61. The Morgan fingerprint density at radius 2 is 1.96 bits per heavy atom. The van der Waals surface area contributed by atoms with Gasteiger partial charge in [-0.05, 0) is 18.6 Å². The molecule has 3 aromatic heterocycles. The fourth-order valence-corrected chi connectivity index (χ4v) is 2.46. The van der Waals surface area contributed by atoms with Crippen LogP contribution < -0.4 is 16.6 Å². The number of carbonyl (C=O) groups is 1. The Kier molecular flexibility index (Phi) is 3.76. The summed E-state index contributed by atoms with van der Waals surface area (Å²) in [5, 5.41) is 2.70. The first-order valence-corrected chi connectivity index (χ1v) is 7.22. The highest BCUT2D eigenvalue weighted by Gasteiger charge is 2.16. The quantitative estimate of drug-likeness (QED) is 0.715. The van der Waals surface area contributed by atoms with Gasteiger partial charge in [-0.15, -0.1) is 0 Å². The van der Waals surface area contributed by atoms with E-state index in [1.165, 1.54) is 29.6 Å². The number of nitrogens with zero attached hydrogens (tertiary/aromatic N) is 5. The zero-order valence-electron chi connectivity index (χ0n) is 13.5. The van der Waals surface area contributed by atoms with E-state index in [0.717, 1.165) is 10.1 Å². The smallest absolute Gasteiger partial charge is 0.315 e. The van der Waals surface area contributed by atoms with E-state index < -0.39 is 11.2 Å². The second kappa shape index (κ2) is 5.76. The van der Waals surface area contributed by atoms with Gasteiger partial charge >= 0.3 is 5.69 Å². The molecule has 124 valence electrons. The summed E-state index contributed by atoms with van der Waals surface area (Å²) in [4.78, 5) is 44.6. The van der Waals surface area contributed by atoms with Crippen LogP contribution in [0, 0.1) is 6.92 Å². The number of carbonyl (C=O) groups excluding carboxylic acids is 1. The lowest BCUT2D eigenvalue weighted by atomic mass is 10.3. The maximum absolute atomic E-state index is 12.3. The zero-order valence-corrected chi connectivity index (χ0v) is 13.5. The molecule has 3 rings (SSSR count). The minimum atomic E-state index is -0.493. The summed E-state index contributed by atoms with van der Waals surface area (Å²) < 4.78 is 3.68. The zero-order chi connectivity index (χ0) is 17.4. The van der Waals surface area contributed by atoms with E-state index in [2.05, 4.69) is 15.3 Å². The maximum atomic E-state index is 12.3. The lowest BCUT2D eigenvalue weighted by molar-refractivity contribution is -0.116. The van der Waals surface area contributed by atoms with Gasteiger partial charge in [0.2, 0.25) is 5.91 Å². The normalized spacial score (nSPS) is 11.0. The number of pyridine rings is 1. The molecule has 0 fully saturated rings. The second-order valence-electron chi connectivity index (χ2n) is 5.47. The third kappa shape index (κ3) is 2.49. The van der Waals surface area contributed by atoms with Crippen molar-refractivity contribution in [3.8, 4) is 0 Å². The average Bonchev–Trinajstić information content (AvgIpc) is 2.96. The molecular formula is C15H16N6O3. The summed E-state index contributed by atoms with van der Waals surface area (Å²) in [6.07, 6.45) is 2.96. The minimum absolute atomic E-state index is 0.111. The number of aryl methyl sites for hydroxylation is 2. The molecule has 3 aromatic rings. The lowest BCUT2D eigenvalue weighted by Crippen LogP contribution is -2.37. The fourth-order valence-electron chi connectivity index (χ4n) is 2.46. The van der Waals surface area contributed by atoms with Crippen LogP contribution in [0.3, 0.4) is 0 Å². The third-order valence-electron chi connectivity index (χ3n) is 3.80. The van der Waals surface area contributed by atoms with Crippen LogP contribution in [0.25, 0.3) is 11.2 Å². The molecule has 0 bridgehead atoms. The summed E-state index contributed by atoms with van der Waals surface area (Å²) in [7, 11) is 2.91. The van der Waals surface area contributed by atoms with Crippen LogP contribution in [0.2, 0.25) is 0 Å². The second-order valence-corrected chi connectivity index (χ2v) is 5.47. The van der Waals surface area contributed by atoms with Gasteiger partial charge < -0.3 is 9.88 Å². The number of imidazole rings is 1. The standard InChI is InChI=1S/C15H16N6O3/c1-9-5-4-6-16-12(9)18-10(22)7-21-8-17-13-11(21)14(23)20(3)15(24)19(13)2/h4-6,8H,7H2,1-3H3,(H,16,18,22). The van der Waals surface area contributed by atoms with Crippen LogP contribution in [-0.2, 0) is 25.4 Å². The molecule has 0 aliphatic rings. The van der Waals surface area contributed by atoms with E-state index in [1.807, 2.05) is 13.0 Å². The molecule has 9 heteroatoms. The fraction of sp³-hybridized carbons (Fsp3) is 0.267. The molecule has 0 saturated heterocycles. The van der Waals surface area contributed by atoms with Gasteiger partial charge in [-0.3, -0.25) is 18.7 Å². The van der Waals surface area contributed by atoms with Crippen molar-refractivity contribution in [3.05, 3.63) is 51.1 Å². The SMILES string of the molecule is Cc1cccnc1NC(=O)Cn1cnc2c1c(=O)n(C)c(=O)n2C. The van der Waals surface area contributed by atoms with Gasteiger partial charge in [0.1, 0.15) is 12.4 Å². The summed E-state index contributed by atoms with van der Waals surface area (Å²) in [5.41, 5.74) is 0.316. The molecule has 24 heavy (non-hydrogen) atoms. The number of rotatable bonds is 3. The molecule has 0 aliphatic carbocycles. The summed E-state index contributed by atoms with van der Waals surface area (Å²) in [5.74, 6) is 0.124. The molecule has 0 atom stereocenters. The Morgan fingerprint density at radius 1 is 1.21 bits per heavy atom. The molecule has 9 nitrogen and oxygen atoms in total. The number of nitrogens with one attached hydrogen (secondary N) is 1. The van der Waals surface area contributed by atoms with Crippen molar-refractivity contribution >= 4 is 22.9 Å². The molecule has 0 aliphatic heterocycles. The van der Waals surface area contributed by atoms with Crippen LogP contribution in [0.4, 0.5) is 5.82 Å². The first-order chi connectivity index (χ1) is 11.4. The molecule has 3 heterocycles. The number of amides is 1. The monoisotopic (exact) mass is 328 g/mol. The number of hydrogen-bond acceptors (Lipinski definition) is 5. The highest BCUT2D eigenvalue weighted by molar-refractivity contribution is 5.91. The predicted octanol–water partition coefficient (Wildman–Crippen LogP) is -0.224. The van der Waals surface area contributed by atoms with Crippen LogP contribution in [0.1, 0.15) is 5.56 Å². The van der Waals surface area contributed by atoms with Gasteiger partial charge in [0.25, 0.3) is 5.56 Å². The average molecular weight is 328 g/mol. The van der Waals surface area contributed by atoms with E-state index in [0.29, 0.717) is 5.82 Å². The molecule has 1 N–H and O–H groups in total. The van der Waals surface area contributed by atoms with Crippen molar-refractivity contribution in [1.82, 2.24) is 23.7 Å². The molecule has 0 aromatic carbocycles. The molecule has 0 unspecified atom stereocenters. The molecule has 1 amide bonds. The Morgan fingerprint density at radius 3 is 2.67 bits per heavy atom. The maximum Gasteiger partial charge on any atom is 0.332 e.